The number of nitrogen functional groups attached to an aromatic ring is 1. The van der Waals surface area contributed by atoms with Crippen molar-refractivity contribution in [3.63, 3.8) is 0 Å². The van der Waals surface area contributed by atoms with Crippen molar-refractivity contribution >= 4 is 5.95 Å². The van der Waals surface area contributed by atoms with E-state index < -0.39 is 0 Å². The summed E-state index contributed by atoms with van der Waals surface area (Å²) in [4.78, 5) is 18.9. The maximum atomic E-state index is 12.0. The highest BCUT2D eigenvalue weighted by molar-refractivity contribution is 5.25. The molecule has 0 aliphatic carbocycles. The molecular formula is C17H23N3O. The van der Waals surface area contributed by atoms with E-state index >= 15 is 0 Å². The van der Waals surface area contributed by atoms with Crippen LogP contribution in [0.5, 0.6) is 0 Å². The van der Waals surface area contributed by atoms with Crippen molar-refractivity contribution in [2.75, 3.05) is 5.73 Å². The van der Waals surface area contributed by atoms with Gasteiger partial charge in [-0.2, -0.15) is 0 Å². The summed E-state index contributed by atoms with van der Waals surface area (Å²) in [5.74, 6) is 0.219. The van der Waals surface area contributed by atoms with Crippen molar-refractivity contribution in [3.8, 4) is 0 Å². The van der Waals surface area contributed by atoms with Crippen LogP contribution in [0.3, 0.4) is 0 Å². The third-order valence-corrected chi connectivity index (χ3v) is 3.59. The summed E-state index contributed by atoms with van der Waals surface area (Å²) in [6.07, 6.45) is 5.64. The van der Waals surface area contributed by atoms with Crippen LogP contribution in [0.15, 0.2) is 35.1 Å². The van der Waals surface area contributed by atoms with Gasteiger partial charge in [0.15, 0.2) is 0 Å². The van der Waals surface area contributed by atoms with Crippen molar-refractivity contribution in [1.29, 1.82) is 0 Å². The van der Waals surface area contributed by atoms with Crippen molar-refractivity contribution in [1.82, 2.24) is 9.97 Å². The number of aromatic amines is 1. The number of nitrogens with two attached hydrogens (primary N) is 1. The lowest BCUT2D eigenvalue weighted by Gasteiger charge is -2.08. The second-order valence-electron chi connectivity index (χ2n) is 5.32. The Labute approximate surface area is 125 Å². The van der Waals surface area contributed by atoms with E-state index in [9.17, 15) is 4.79 Å². The molecule has 1 heterocycles. The molecule has 0 fully saturated rings. The molecule has 0 aliphatic rings. The number of hydrogen-bond donors (Lipinski definition) is 2. The average Bonchev–Trinajstić information content (AvgIpc) is 2.47. The largest absolute Gasteiger partial charge is 0.369 e. The molecule has 0 bridgehead atoms. The average molecular weight is 285 g/mol. The molecule has 2 rings (SSSR count). The van der Waals surface area contributed by atoms with Crippen LogP contribution in [-0.2, 0) is 19.3 Å². The number of nitrogens with one attached hydrogen (secondary N) is 1. The Kier molecular flexibility index (Phi) is 5.55. The van der Waals surface area contributed by atoms with Crippen molar-refractivity contribution in [3.05, 3.63) is 57.5 Å². The van der Waals surface area contributed by atoms with Crippen LogP contribution in [0, 0.1) is 0 Å². The molecule has 0 spiro atoms. The van der Waals surface area contributed by atoms with E-state index in [2.05, 4.69) is 41.2 Å². The van der Waals surface area contributed by atoms with Crippen LogP contribution < -0.4 is 11.3 Å². The van der Waals surface area contributed by atoms with Gasteiger partial charge >= 0.3 is 0 Å². The third kappa shape index (κ3) is 4.45. The standard InChI is InChI=1S/C17H23N3O/c1-2-8-15-14(16(21)20-17(18)19-15)12-7-6-11-13-9-4-3-5-10-13/h3-5,9-10H,2,6-8,11-12H2,1H3,(H3,18,19,20,21). The van der Waals surface area contributed by atoms with Gasteiger partial charge in [-0.05, 0) is 37.7 Å². The number of aryl methyl sites for hydroxylation is 2. The molecule has 0 unspecified atom stereocenters. The zero-order valence-corrected chi connectivity index (χ0v) is 12.6. The molecule has 3 N–H and O–H groups in total. The molecule has 0 saturated carbocycles. The van der Waals surface area contributed by atoms with E-state index in [1.165, 1.54) is 5.56 Å². The Morgan fingerprint density at radius 1 is 1.10 bits per heavy atom. The highest BCUT2D eigenvalue weighted by Gasteiger charge is 2.09. The summed E-state index contributed by atoms with van der Waals surface area (Å²) in [6.45, 7) is 2.08. The molecule has 0 aliphatic heterocycles. The van der Waals surface area contributed by atoms with Gasteiger partial charge in [-0.25, -0.2) is 4.98 Å². The first-order valence-corrected chi connectivity index (χ1v) is 7.62. The molecule has 112 valence electrons. The summed E-state index contributed by atoms with van der Waals surface area (Å²) >= 11 is 0. The molecule has 4 heteroatoms. The number of anilines is 1. The Hall–Kier alpha value is -2.10. The summed E-state index contributed by atoms with van der Waals surface area (Å²) in [6, 6.07) is 10.4. The third-order valence-electron chi connectivity index (χ3n) is 3.59. The van der Waals surface area contributed by atoms with Crippen LogP contribution >= 0.6 is 0 Å². The predicted octanol–water partition coefficient (Wildman–Crippen LogP) is 2.87. The van der Waals surface area contributed by atoms with E-state index in [-0.39, 0.29) is 11.5 Å². The van der Waals surface area contributed by atoms with E-state index in [0.29, 0.717) is 0 Å². The van der Waals surface area contributed by atoms with Gasteiger partial charge < -0.3 is 5.73 Å². The Morgan fingerprint density at radius 3 is 2.52 bits per heavy atom. The lowest BCUT2D eigenvalue weighted by Crippen LogP contribution is -2.20. The smallest absolute Gasteiger partial charge is 0.255 e. The number of aromatic nitrogens is 2. The van der Waals surface area contributed by atoms with E-state index in [1.807, 2.05) is 6.07 Å². The molecule has 1 aromatic carbocycles. The first kappa shape index (κ1) is 15.3. The number of rotatable bonds is 7. The van der Waals surface area contributed by atoms with Crippen molar-refractivity contribution in [2.45, 2.75) is 45.4 Å². The fourth-order valence-electron chi connectivity index (χ4n) is 2.54. The van der Waals surface area contributed by atoms with Gasteiger partial charge in [-0.15, -0.1) is 0 Å². The molecule has 4 nitrogen and oxygen atoms in total. The molecule has 0 amide bonds. The number of H-pyrrole nitrogens is 1. The highest BCUT2D eigenvalue weighted by Crippen LogP contribution is 2.11. The van der Waals surface area contributed by atoms with Crippen molar-refractivity contribution in [2.24, 2.45) is 0 Å². The zero-order chi connectivity index (χ0) is 15.1. The number of benzene rings is 1. The zero-order valence-electron chi connectivity index (χ0n) is 12.6. The Bertz CT molecular complexity index is 620. The van der Waals surface area contributed by atoms with Crippen molar-refractivity contribution < 1.29 is 0 Å². The molecular weight excluding hydrogens is 262 g/mol. The fraction of sp³-hybridized carbons (Fsp3) is 0.412. The van der Waals surface area contributed by atoms with Crippen LogP contribution in [0.4, 0.5) is 5.95 Å². The first-order valence-electron chi connectivity index (χ1n) is 7.62. The van der Waals surface area contributed by atoms with Crippen LogP contribution in [0.2, 0.25) is 0 Å². The summed E-state index contributed by atoms with van der Waals surface area (Å²) < 4.78 is 0. The second-order valence-corrected chi connectivity index (χ2v) is 5.32. The minimum Gasteiger partial charge on any atom is -0.369 e. The monoisotopic (exact) mass is 285 g/mol. The fourth-order valence-corrected chi connectivity index (χ4v) is 2.54. The number of nitrogens with zero attached hydrogens (tertiary/aromatic N) is 1. The molecule has 21 heavy (non-hydrogen) atoms. The van der Waals surface area contributed by atoms with Crippen LogP contribution in [0.1, 0.15) is 43.0 Å². The minimum atomic E-state index is -0.0781. The quantitative estimate of drug-likeness (QED) is 0.768. The summed E-state index contributed by atoms with van der Waals surface area (Å²) in [5.41, 5.74) is 8.55. The van der Waals surface area contributed by atoms with E-state index in [4.69, 9.17) is 5.73 Å². The van der Waals surface area contributed by atoms with Crippen LogP contribution in [0.25, 0.3) is 0 Å². The number of unbranched alkanes of at least 4 members (excludes halogenated alkanes) is 1. The van der Waals surface area contributed by atoms with Crippen LogP contribution in [-0.4, -0.2) is 9.97 Å². The topological polar surface area (TPSA) is 71.8 Å². The summed E-state index contributed by atoms with van der Waals surface area (Å²) in [7, 11) is 0. The molecule has 2 aromatic rings. The maximum absolute atomic E-state index is 12.0. The maximum Gasteiger partial charge on any atom is 0.255 e. The molecule has 0 radical (unpaired) electrons. The lowest BCUT2D eigenvalue weighted by atomic mass is 10.0. The van der Waals surface area contributed by atoms with Gasteiger partial charge in [0.2, 0.25) is 5.95 Å². The minimum absolute atomic E-state index is 0.0781. The van der Waals surface area contributed by atoms with Gasteiger partial charge in [0, 0.05) is 5.56 Å². The second kappa shape index (κ2) is 7.62. The number of hydrogen-bond acceptors (Lipinski definition) is 3. The molecule has 1 aromatic heterocycles. The lowest BCUT2D eigenvalue weighted by molar-refractivity contribution is 0.714. The van der Waals surface area contributed by atoms with Gasteiger partial charge in [-0.1, -0.05) is 43.7 Å². The normalized spacial score (nSPS) is 10.7. The van der Waals surface area contributed by atoms with E-state index in [0.717, 1.165) is 49.8 Å². The molecule has 0 saturated heterocycles. The van der Waals surface area contributed by atoms with Gasteiger partial charge in [0.25, 0.3) is 5.56 Å². The van der Waals surface area contributed by atoms with Gasteiger partial charge in [0.05, 0.1) is 5.69 Å². The SMILES string of the molecule is CCCc1nc(N)[nH]c(=O)c1CCCCc1ccccc1. The Morgan fingerprint density at radius 2 is 1.81 bits per heavy atom. The highest BCUT2D eigenvalue weighted by atomic mass is 16.1. The van der Waals surface area contributed by atoms with Gasteiger partial charge in [0.1, 0.15) is 0 Å². The summed E-state index contributed by atoms with van der Waals surface area (Å²) in [5, 5.41) is 0. The first-order chi connectivity index (χ1) is 10.2. The predicted molar refractivity (Wildman–Crippen MR) is 86.3 cm³/mol. The van der Waals surface area contributed by atoms with Gasteiger partial charge in [-0.3, -0.25) is 9.78 Å². The van der Waals surface area contributed by atoms with E-state index in [1.54, 1.807) is 0 Å². The Balaban J connectivity index is 1.95. The molecule has 0 atom stereocenters.